The summed E-state index contributed by atoms with van der Waals surface area (Å²) in [5.74, 6) is 2.49. The van der Waals surface area contributed by atoms with Crippen LogP contribution in [-0.2, 0) is 10.2 Å². The van der Waals surface area contributed by atoms with Crippen LogP contribution in [0.2, 0.25) is 0 Å². The number of carbonyl (C=O) groups is 1. The Hall–Kier alpha value is -1.69. The minimum absolute atomic E-state index is 0.00511. The van der Waals surface area contributed by atoms with Gasteiger partial charge in [-0.2, -0.15) is 0 Å². The first-order valence-electron chi connectivity index (χ1n) is 10.4. The summed E-state index contributed by atoms with van der Waals surface area (Å²) in [7, 11) is 0. The van der Waals surface area contributed by atoms with Crippen molar-refractivity contribution in [2.45, 2.75) is 58.8 Å². The highest BCUT2D eigenvalue weighted by molar-refractivity contribution is 5.78. The molecule has 2 fully saturated rings. The molecule has 1 amide bonds. The fourth-order valence-electron chi connectivity index (χ4n) is 3.67. The van der Waals surface area contributed by atoms with Crippen LogP contribution in [0.25, 0.3) is 0 Å². The molecule has 2 aliphatic rings. The number of nitrogens with zero attached hydrogens (tertiary/aromatic N) is 5. The van der Waals surface area contributed by atoms with Gasteiger partial charge in [0, 0.05) is 43.6 Å². The topological polar surface area (TPSA) is 52.6 Å². The minimum Gasteiger partial charge on any atom is -0.353 e. The fourth-order valence-corrected chi connectivity index (χ4v) is 3.67. The molecule has 0 bridgehead atoms. The van der Waals surface area contributed by atoms with E-state index in [0.29, 0.717) is 12.5 Å². The van der Waals surface area contributed by atoms with Crippen LogP contribution < -0.4 is 4.90 Å². The van der Waals surface area contributed by atoms with Crippen LogP contribution in [0.1, 0.15) is 64.9 Å². The monoisotopic (exact) mass is 373 g/mol. The molecule has 1 aromatic rings. The zero-order chi connectivity index (χ0) is 19.6. The van der Waals surface area contributed by atoms with Crippen molar-refractivity contribution in [3.63, 3.8) is 0 Å². The maximum Gasteiger partial charge on any atom is 0.236 e. The SMILES string of the molecule is CC(C)c1nc(N2CCN(C(=O)CN3CCCC3)CC2)cc(C(C)(C)C)n1. The van der Waals surface area contributed by atoms with Crippen LogP contribution in [-0.4, -0.2) is 71.5 Å². The lowest BCUT2D eigenvalue weighted by molar-refractivity contribution is -0.132. The van der Waals surface area contributed by atoms with E-state index in [2.05, 4.69) is 50.5 Å². The van der Waals surface area contributed by atoms with E-state index in [1.165, 1.54) is 12.8 Å². The van der Waals surface area contributed by atoms with E-state index >= 15 is 0 Å². The Morgan fingerprint density at radius 1 is 1.04 bits per heavy atom. The molecule has 0 N–H and O–H groups in total. The predicted octanol–water partition coefficient (Wildman–Crippen LogP) is 2.64. The molecule has 27 heavy (non-hydrogen) atoms. The van der Waals surface area contributed by atoms with E-state index in [0.717, 1.165) is 56.6 Å². The minimum atomic E-state index is -0.00511. The van der Waals surface area contributed by atoms with Gasteiger partial charge in [0.1, 0.15) is 11.6 Å². The summed E-state index contributed by atoms with van der Waals surface area (Å²) in [6, 6.07) is 2.13. The van der Waals surface area contributed by atoms with Crippen LogP contribution in [0, 0.1) is 0 Å². The molecule has 2 saturated heterocycles. The van der Waals surface area contributed by atoms with Crippen LogP contribution >= 0.6 is 0 Å². The van der Waals surface area contributed by atoms with Gasteiger partial charge in [-0.1, -0.05) is 34.6 Å². The molecular weight excluding hydrogens is 338 g/mol. The smallest absolute Gasteiger partial charge is 0.236 e. The van der Waals surface area contributed by atoms with Gasteiger partial charge in [0.2, 0.25) is 5.91 Å². The third-order valence-corrected chi connectivity index (χ3v) is 5.53. The summed E-state index contributed by atoms with van der Waals surface area (Å²) < 4.78 is 0. The number of amides is 1. The number of hydrogen-bond acceptors (Lipinski definition) is 5. The third kappa shape index (κ3) is 4.98. The Kier molecular flexibility index (Phi) is 6.04. The molecule has 0 aliphatic carbocycles. The Morgan fingerprint density at radius 3 is 2.22 bits per heavy atom. The van der Waals surface area contributed by atoms with Crippen molar-refractivity contribution in [1.29, 1.82) is 0 Å². The second-order valence-corrected chi connectivity index (χ2v) is 9.23. The second kappa shape index (κ2) is 8.13. The standard InChI is InChI=1S/C21H35N5O/c1-16(2)20-22-17(21(3,4)5)14-18(23-20)25-10-12-26(13-11-25)19(27)15-24-8-6-7-9-24/h14,16H,6-13,15H2,1-5H3. The molecule has 150 valence electrons. The fraction of sp³-hybridized carbons (Fsp3) is 0.762. The maximum absolute atomic E-state index is 12.6. The Balaban J connectivity index is 1.66. The van der Waals surface area contributed by atoms with Gasteiger partial charge in [-0.05, 0) is 25.9 Å². The van der Waals surface area contributed by atoms with Crippen molar-refractivity contribution in [3.05, 3.63) is 17.6 Å². The van der Waals surface area contributed by atoms with Crippen LogP contribution in [0.4, 0.5) is 5.82 Å². The normalized spacial score (nSPS) is 19.2. The van der Waals surface area contributed by atoms with E-state index < -0.39 is 0 Å². The number of rotatable bonds is 4. The maximum atomic E-state index is 12.6. The lowest BCUT2D eigenvalue weighted by atomic mass is 9.91. The molecular formula is C21H35N5O. The van der Waals surface area contributed by atoms with Crippen LogP contribution in [0.5, 0.6) is 0 Å². The number of aromatic nitrogens is 2. The van der Waals surface area contributed by atoms with Crippen molar-refractivity contribution in [1.82, 2.24) is 19.8 Å². The zero-order valence-corrected chi connectivity index (χ0v) is 17.7. The van der Waals surface area contributed by atoms with Crippen LogP contribution in [0.3, 0.4) is 0 Å². The van der Waals surface area contributed by atoms with E-state index in [-0.39, 0.29) is 11.3 Å². The van der Waals surface area contributed by atoms with Crippen molar-refractivity contribution < 1.29 is 4.79 Å². The second-order valence-electron chi connectivity index (χ2n) is 9.23. The average molecular weight is 374 g/mol. The number of anilines is 1. The first-order valence-corrected chi connectivity index (χ1v) is 10.4. The Morgan fingerprint density at radius 2 is 1.67 bits per heavy atom. The molecule has 0 spiro atoms. The zero-order valence-electron chi connectivity index (χ0n) is 17.7. The Labute approximate surface area is 164 Å². The average Bonchev–Trinajstić information content (AvgIpc) is 3.13. The number of hydrogen-bond donors (Lipinski definition) is 0. The molecule has 0 saturated carbocycles. The van der Waals surface area contributed by atoms with Crippen molar-refractivity contribution in [2.75, 3.05) is 50.7 Å². The van der Waals surface area contributed by atoms with Gasteiger partial charge >= 0.3 is 0 Å². The quantitative estimate of drug-likeness (QED) is 0.812. The lowest BCUT2D eigenvalue weighted by Crippen LogP contribution is -2.51. The van der Waals surface area contributed by atoms with Gasteiger partial charge in [-0.15, -0.1) is 0 Å². The van der Waals surface area contributed by atoms with Crippen molar-refractivity contribution >= 4 is 11.7 Å². The Bertz CT molecular complexity index is 653. The first-order chi connectivity index (χ1) is 12.7. The molecule has 6 heteroatoms. The molecule has 6 nitrogen and oxygen atoms in total. The largest absolute Gasteiger partial charge is 0.353 e. The van der Waals surface area contributed by atoms with E-state index in [1.807, 2.05) is 4.90 Å². The lowest BCUT2D eigenvalue weighted by Gasteiger charge is -2.36. The summed E-state index contributed by atoms with van der Waals surface area (Å²) in [4.78, 5) is 28.8. The highest BCUT2D eigenvalue weighted by Crippen LogP contribution is 2.26. The molecule has 3 rings (SSSR count). The van der Waals surface area contributed by atoms with Gasteiger partial charge in [-0.3, -0.25) is 9.69 Å². The van der Waals surface area contributed by atoms with Gasteiger partial charge < -0.3 is 9.80 Å². The van der Waals surface area contributed by atoms with Crippen LogP contribution in [0.15, 0.2) is 6.07 Å². The third-order valence-electron chi connectivity index (χ3n) is 5.53. The number of carbonyl (C=O) groups excluding carboxylic acids is 1. The summed E-state index contributed by atoms with van der Waals surface area (Å²) in [5.41, 5.74) is 1.08. The van der Waals surface area contributed by atoms with Gasteiger partial charge in [0.05, 0.1) is 12.2 Å². The molecule has 0 atom stereocenters. The van der Waals surface area contributed by atoms with Gasteiger partial charge in [-0.25, -0.2) is 9.97 Å². The summed E-state index contributed by atoms with van der Waals surface area (Å²) in [6.45, 7) is 16.8. The van der Waals surface area contributed by atoms with E-state index in [1.54, 1.807) is 0 Å². The molecule has 2 aliphatic heterocycles. The molecule has 3 heterocycles. The summed E-state index contributed by atoms with van der Waals surface area (Å²) in [5, 5.41) is 0. The number of likely N-dealkylation sites (tertiary alicyclic amines) is 1. The molecule has 0 radical (unpaired) electrons. The summed E-state index contributed by atoms with van der Waals surface area (Å²) in [6.07, 6.45) is 2.45. The predicted molar refractivity (Wildman–Crippen MR) is 109 cm³/mol. The number of piperazine rings is 1. The van der Waals surface area contributed by atoms with Crippen molar-refractivity contribution in [3.8, 4) is 0 Å². The highest BCUT2D eigenvalue weighted by Gasteiger charge is 2.26. The highest BCUT2D eigenvalue weighted by atomic mass is 16.2. The molecule has 1 aromatic heterocycles. The molecule has 0 unspecified atom stereocenters. The first kappa shape index (κ1) is 20.1. The van der Waals surface area contributed by atoms with Gasteiger partial charge in [0.25, 0.3) is 0 Å². The van der Waals surface area contributed by atoms with E-state index in [4.69, 9.17) is 9.97 Å². The molecule has 0 aromatic carbocycles. The summed E-state index contributed by atoms with van der Waals surface area (Å²) >= 11 is 0. The van der Waals surface area contributed by atoms with E-state index in [9.17, 15) is 4.79 Å². The van der Waals surface area contributed by atoms with Crippen molar-refractivity contribution in [2.24, 2.45) is 0 Å². The van der Waals surface area contributed by atoms with Gasteiger partial charge in [0.15, 0.2) is 0 Å².